The molecule has 0 aliphatic carbocycles. The van der Waals surface area contributed by atoms with Crippen LogP contribution in [0.1, 0.15) is 25.5 Å². The van der Waals surface area contributed by atoms with Gasteiger partial charge in [0.15, 0.2) is 0 Å². The van der Waals surface area contributed by atoms with Crippen molar-refractivity contribution in [3.05, 3.63) is 20.7 Å². The van der Waals surface area contributed by atoms with Crippen molar-refractivity contribution in [2.24, 2.45) is 0 Å². The minimum absolute atomic E-state index is 0.0953. The minimum Gasteiger partial charge on any atom is -0.317 e. The molecule has 0 amide bonds. The molecular weight excluding hydrogens is 274 g/mol. The number of hydrogen-bond acceptors (Lipinski definition) is 5. The minimum atomic E-state index is -3.27. The first-order valence-electron chi connectivity index (χ1n) is 5.88. The fourth-order valence-electron chi connectivity index (χ4n) is 1.35. The van der Waals surface area contributed by atoms with Crippen LogP contribution in [0.5, 0.6) is 0 Å². The monoisotopic (exact) mass is 293 g/mol. The van der Waals surface area contributed by atoms with Crippen LogP contribution in [0.2, 0.25) is 0 Å². The summed E-state index contributed by atoms with van der Waals surface area (Å²) in [6.07, 6.45) is 1.62. The van der Waals surface area contributed by atoms with E-state index in [1.807, 2.05) is 0 Å². The Bertz CT molecular complexity index is 492. The van der Waals surface area contributed by atoms with Crippen molar-refractivity contribution in [3.8, 4) is 0 Å². The number of aromatic amines is 1. The van der Waals surface area contributed by atoms with Crippen LogP contribution in [-0.2, 0) is 16.6 Å². The maximum absolute atomic E-state index is 11.6. The average molecular weight is 293 g/mol. The van der Waals surface area contributed by atoms with Gasteiger partial charge in [0.05, 0.1) is 12.3 Å². The predicted octanol–water partition coefficient (Wildman–Crippen LogP) is 0.246. The number of sulfonamides is 1. The first kappa shape index (κ1) is 15.4. The molecule has 18 heavy (non-hydrogen) atoms. The molecular formula is C10H19N3O3S2. The third-order valence-corrected chi connectivity index (χ3v) is 4.38. The van der Waals surface area contributed by atoms with Crippen LogP contribution in [0, 0.1) is 0 Å². The maximum Gasteiger partial charge on any atom is 0.304 e. The Balaban J connectivity index is 2.25. The molecule has 0 fully saturated rings. The fraction of sp³-hybridized carbons (Fsp3) is 0.700. The van der Waals surface area contributed by atoms with Crippen molar-refractivity contribution in [1.29, 1.82) is 0 Å². The second kappa shape index (κ2) is 7.67. The van der Waals surface area contributed by atoms with E-state index in [-0.39, 0.29) is 17.2 Å². The normalized spacial score (nSPS) is 11.8. The molecule has 0 bridgehead atoms. The molecule has 0 unspecified atom stereocenters. The van der Waals surface area contributed by atoms with Crippen LogP contribution in [0.15, 0.2) is 10.2 Å². The quantitative estimate of drug-likeness (QED) is 0.569. The van der Waals surface area contributed by atoms with Crippen LogP contribution in [0.3, 0.4) is 0 Å². The van der Waals surface area contributed by atoms with Crippen molar-refractivity contribution in [2.75, 3.05) is 18.8 Å². The highest BCUT2D eigenvalue weighted by molar-refractivity contribution is 7.89. The molecule has 0 aromatic carbocycles. The third kappa shape index (κ3) is 6.29. The van der Waals surface area contributed by atoms with E-state index in [1.165, 1.54) is 0 Å². The van der Waals surface area contributed by atoms with Gasteiger partial charge in [-0.1, -0.05) is 18.3 Å². The van der Waals surface area contributed by atoms with Crippen molar-refractivity contribution in [2.45, 2.75) is 26.3 Å². The molecule has 0 aliphatic heterocycles. The summed E-state index contributed by atoms with van der Waals surface area (Å²) in [5, 5.41) is 4.77. The predicted molar refractivity (Wildman–Crippen MR) is 73.3 cm³/mol. The van der Waals surface area contributed by atoms with E-state index >= 15 is 0 Å². The number of nitrogens with one attached hydrogen (secondary N) is 3. The Morgan fingerprint density at radius 2 is 2.17 bits per heavy atom. The molecule has 1 aromatic rings. The van der Waals surface area contributed by atoms with Crippen molar-refractivity contribution in [3.63, 3.8) is 0 Å². The molecule has 3 N–H and O–H groups in total. The zero-order valence-electron chi connectivity index (χ0n) is 10.4. The van der Waals surface area contributed by atoms with Gasteiger partial charge in [0, 0.05) is 11.1 Å². The van der Waals surface area contributed by atoms with E-state index in [1.54, 1.807) is 5.38 Å². The SMILES string of the molecule is CCCNCCCS(=O)(=O)NCc1csc(=O)[nH]1. The zero-order chi connectivity index (χ0) is 13.4. The fourth-order valence-corrected chi connectivity index (χ4v) is 2.98. The number of aromatic nitrogens is 1. The van der Waals surface area contributed by atoms with Crippen LogP contribution < -0.4 is 14.9 Å². The lowest BCUT2D eigenvalue weighted by Crippen LogP contribution is -2.28. The number of rotatable bonds is 9. The van der Waals surface area contributed by atoms with E-state index in [0.29, 0.717) is 18.7 Å². The number of thiazole rings is 1. The maximum atomic E-state index is 11.6. The summed E-state index contributed by atoms with van der Waals surface area (Å²) in [6, 6.07) is 0. The van der Waals surface area contributed by atoms with Crippen LogP contribution in [0.25, 0.3) is 0 Å². The van der Waals surface area contributed by atoms with Gasteiger partial charge in [0.1, 0.15) is 0 Å². The standard InChI is InChI=1S/C10H19N3O3S2/c1-2-4-11-5-3-6-18(15,16)12-7-9-8-17-10(14)13-9/h8,11-12H,2-7H2,1H3,(H,13,14). The summed E-state index contributed by atoms with van der Waals surface area (Å²) in [5.74, 6) is 0.0953. The van der Waals surface area contributed by atoms with Crippen LogP contribution >= 0.6 is 11.3 Å². The van der Waals surface area contributed by atoms with E-state index < -0.39 is 10.0 Å². The van der Waals surface area contributed by atoms with Gasteiger partial charge in [-0.2, -0.15) is 0 Å². The Hall–Kier alpha value is -0.700. The van der Waals surface area contributed by atoms with Gasteiger partial charge in [-0.3, -0.25) is 4.79 Å². The smallest absolute Gasteiger partial charge is 0.304 e. The Morgan fingerprint density at radius 3 is 2.78 bits per heavy atom. The molecule has 1 heterocycles. The summed E-state index contributed by atoms with van der Waals surface area (Å²) in [7, 11) is -3.27. The summed E-state index contributed by atoms with van der Waals surface area (Å²) in [6.45, 7) is 3.81. The second-order valence-electron chi connectivity index (χ2n) is 3.92. The summed E-state index contributed by atoms with van der Waals surface area (Å²) in [5.41, 5.74) is 0.595. The van der Waals surface area contributed by atoms with Crippen molar-refractivity contribution in [1.82, 2.24) is 15.0 Å². The molecule has 0 spiro atoms. The lowest BCUT2D eigenvalue weighted by atomic mass is 10.4. The van der Waals surface area contributed by atoms with Crippen LogP contribution in [0.4, 0.5) is 0 Å². The number of hydrogen-bond donors (Lipinski definition) is 3. The van der Waals surface area contributed by atoms with Crippen molar-refractivity contribution >= 4 is 21.4 Å². The molecule has 104 valence electrons. The largest absolute Gasteiger partial charge is 0.317 e. The number of H-pyrrole nitrogens is 1. The Morgan fingerprint density at radius 1 is 1.39 bits per heavy atom. The molecule has 0 radical (unpaired) electrons. The third-order valence-electron chi connectivity index (χ3n) is 2.25. The van der Waals surface area contributed by atoms with Gasteiger partial charge < -0.3 is 10.3 Å². The summed E-state index contributed by atoms with van der Waals surface area (Å²) in [4.78, 5) is 13.2. The Kier molecular flexibility index (Phi) is 6.55. The van der Waals surface area contributed by atoms with Crippen LogP contribution in [-0.4, -0.2) is 32.2 Å². The topological polar surface area (TPSA) is 91.1 Å². The molecule has 0 aliphatic rings. The molecule has 0 saturated heterocycles. The molecule has 0 saturated carbocycles. The Labute approximate surface area is 111 Å². The average Bonchev–Trinajstić information content (AvgIpc) is 2.73. The van der Waals surface area contributed by atoms with Gasteiger partial charge in [0.25, 0.3) is 0 Å². The summed E-state index contributed by atoms with van der Waals surface area (Å²) >= 11 is 1.03. The van der Waals surface area contributed by atoms with Gasteiger partial charge >= 0.3 is 4.87 Å². The molecule has 0 atom stereocenters. The van der Waals surface area contributed by atoms with E-state index in [4.69, 9.17) is 0 Å². The van der Waals surface area contributed by atoms with Gasteiger partial charge in [-0.05, 0) is 25.9 Å². The zero-order valence-corrected chi connectivity index (χ0v) is 12.0. The van der Waals surface area contributed by atoms with E-state index in [0.717, 1.165) is 24.3 Å². The lowest BCUT2D eigenvalue weighted by molar-refractivity contribution is 0.573. The molecule has 1 rings (SSSR count). The first-order valence-corrected chi connectivity index (χ1v) is 8.41. The highest BCUT2D eigenvalue weighted by Gasteiger charge is 2.09. The highest BCUT2D eigenvalue weighted by Crippen LogP contribution is 1.97. The highest BCUT2D eigenvalue weighted by atomic mass is 32.2. The van der Waals surface area contributed by atoms with Gasteiger partial charge in [-0.15, -0.1) is 0 Å². The lowest BCUT2D eigenvalue weighted by Gasteiger charge is -2.06. The van der Waals surface area contributed by atoms with Gasteiger partial charge in [0.2, 0.25) is 10.0 Å². The molecule has 6 nitrogen and oxygen atoms in total. The first-order chi connectivity index (χ1) is 8.53. The van der Waals surface area contributed by atoms with Crippen molar-refractivity contribution < 1.29 is 8.42 Å². The van der Waals surface area contributed by atoms with Gasteiger partial charge in [-0.25, -0.2) is 13.1 Å². The van der Waals surface area contributed by atoms with E-state index in [2.05, 4.69) is 21.9 Å². The second-order valence-corrected chi connectivity index (χ2v) is 6.69. The molecule has 8 heteroatoms. The van der Waals surface area contributed by atoms with E-state index in [9.17, 15) is 13.2 Å². The molecule has 1 aromatic heterocycles. The summed E-state index contributed by atoms with van der Waals surface area (Å²) < 4.78 is 25.7.